The van der Waals surface area contributed by atoms with Crippen molar-refractivity contribution in [2.24, 2.45) is 0 Å². The van der Waals surface area contributed by atoms with E-state index in [-0.39, 0.29) is 11.8 Å². The van der Waals surface area contributed by atoms with E-state index in [1.165, 1.54) is 0 Å². The molecule has 0 spiro atoms. The Bertz CT molecular complexity index is 697. The van der Waals surface area contributed by atoms with Gasteiger partial charge in [-0.05, 0) is 31.4 Å². The number of rotatable bonds is 3. The fourth-order valence-corrected chi connectivity index (χ4v) is 3.36. The Labute approximate surface area is 140 Å². The van der Waals surface area contributed by atoms with Gasteiger partial charge >= 0.3 is 0 Å². The van der Waals surface area contributed by atoms with Gasteiger partial charge < -0.3 is 14.2 Å². The van der Waals surface area contributed by atoms with Crippen molar-refractivity contribution in [2.75, 3.05) is 26.3 Å². The van der Waals surface area contributed by atoms with Crippen LogP contribution >= 0.6 is 0 Å². The van der Waals surface area contributed by atoms with E-state index in [2.05, 4.69) is 15.1 Å². The lowest BCUT2D eigenvalue weighted by Gasteiger charge is -2.18. The van der Waals surface area contributed by atoms with Crippen LogP contribution in [-0.2, 0) is 4.74 Å². The molecule has 2 aromatic rings. The summed E-state index contributed by atoms with van der Waals surface area (Å²) < 4.78 is 10.9. The van der Waals surface area contributed by atoms with Crippen LogP contribution in [0.3, 0.4) is 0 Å². The lowest BCUT2D eigenvalue weighted by molar-refractivity contribution is 0.0789. The Balaban J connectivity index is 1.41. The summed E-state index contributed by atoms with van der Waals surface area (Å²) in [7, 11) is 0. The monoisotopic (exact) mass is 328 g/mol. The molecule has 2 aliphatic heterocycles. The number of hydrogen-bond donors (Lipinski definition) is 0. The summed E-state index contributed by atoms with van der Waals surface area (Å²) in [5.41, 5.74) is 0.666. The van der Waals surface area contributed by atoms with Gasteiger partial charge in [0, 0.05) is 50.2 Å². The molecule has 2 saturated heterocycles. The Morgan fingerprint density at radius 3 is 2.71 bits per heavy atom. The first-order valence-corrected chi connectivity index (χ1v) is 8.42. The van der Waals surface area contributed by atoms with E-state index >= 15 is 0 Å². The predicted molar refractivity (Wildman–Crippen MR) is 84.6 cm³/mol. The first-order valence-electron chi connectivity index (χ1n) is 8.42. The number of carbonyl (C=O) groups is 1. The van der Waals surface area contributed by atoms with E-state index in [0.717, 1.165) is 38.3 Å². The van der Waals surface area contributed by atoms with Crippen LogP contribution in [0.25, 0.3) is 0 Å². The Kier molecular flexibility index (Phi) is 4.25. The van der Waals surface area contributed by atoms with Crippen LogP contribution in [0.5, 0.6) is 0 Å². The molecule has 0 N–H and O–H groups in total. The summed E-state index contributed by atoms with van der Waals surface area (Å²) in [6, 6.07) is 3.48. The first-order chi connectivity index (χ1) is 11.8. The highest BCUT2D eigenvalue weighted by atomic mass is 16.5. The van der Waals surface area contributed by atoms with Gasteiger partial charge in [0.15, 0.2) is 5.82 Å². The molecule has 7 nitrogen and oxygen atoms in total. The molecule has 0 saturated carbocycles. The second-order valence-electron chi connectivity index (χ2n) is 6.35. The van der Waals surface area contributed by atoms with Gasteiger partial charge in [0.2, 0.25) is 5.89 Å². The van der Waals surface area contributed by atoms with E-state index in [9.17, 15) is 4.79 Å². The van der Waals surface area contributed by atoms with Crippen LogP contribution in [0.4, 0.5) is 0 Å². The Morgan fingerprint density at radius 1 is 1.12 bits per heavy atom. The van der Waals surface area contributed by atoms with Crippen LogP contribution in [0, 0.1) is 0 Å². The lowest BCUT2D eigenvalue weighted by Crippen LogP contribution is -2.28. The normalized spacial score (nSPS) is 22.0. The van der Waals surface area contributed by atoms with Crippen molar-refractivity contribution in [2.45, 2.75) is 31.1 Å². The molecule has 1 amide bonds. The summed E-state index contributed by atoms with van der Waals surface area (Å²) in [4.78, 5) is 22.9. The third kappa shape index (κ3) is 3.03. The molecule has 126 valence electrons. The number of ether oxygens (including phenoxy) is 1. The van der Waals surface area contributed by atoms with Gasteiger partial charge in [0.05, 0.1) is 5.92 Å². The predicted octanol–water partition coefficient (Wildman–Crippen LogP) is 1.99. The highest BCUT2D eigenvalue weighted by Crippen LogP contribution is 2.30. The van der Waals surface area contributed by atoms with Crippen LogP contribution < -0.4 is 0 Å². The van der Waals surface area contributed by atoms with E-state index in [1.54, 1.807) is 24.5 Å². The largest absolute Gasteiger partial charge is 0.381 e. The van der Waals surface area contributed by atoms with E-state index in [0.29, 0.717) is 30.5 Å². The van der Waals surface area contributed by atoms with Gasteiger partial charge in [-0.15, -0.1) is 0 Å². The quantitative estimate of drug-likeness (QED) is 0.857. The first kappa shape index (κ1) is 15.3. The molecule has 2 aliphatic rings. The highest BCUT2D eigenvalue weighted by Gasteiger charge is 2.32. The number of nitrogens with zero attached hydrogens (tertiary/aromatic N) is 4. The second-order valence-corrected chi connectivity index (χ2v) is 6.35. The van der Waals surface area contributed by atoms with Crippen molar-refractivity contribution < 1.29 is 14.1 Å². The van der Waals surface area contributed by atoms with Crippen molar-refractivity contribution in [1.29, 1.82) is 0 Å². The minimum Gasteiger partial charge on any atom is -0.381 e. The average molecular weight is 328 g/mol. The number of amides is 1. The zero-order chi connectivity index (χ0) is 16.4. The third-order valence-corrected chi connectivity index (χ3v) is 4.80. The molecule has 0 bridgehead atoms. The number of carbonyl (C=O) groups excluding carboxylic acids is 1. The van der Waals surface area contributed by atoms with E-state index in [1.807, 2.05) is 4.90 Å². The van der Waals surface area contributed by atoms with E-state index in [4.69, 9.17) is 9.26 Å². The standard InChI is InChI=1S/C17H20N4O3/c22-17(13-1-6-18-7-2-13)21-8-3-14(11-21)16-19-15(20-24-16)12-4-9-23-10-5-12/h1-2,6-7,12,14H,3-5,8-11H2. The maximum atomic E-state index is 12.5. The molecule has 1 unspecified atom stereocenters. The maximum absolute atomic E-state index is 12.5. The molecular weight excluding hydrogens is 308 g/mol. The van der Waals surface area contributed by atoms with Crippen LogP contribution in [0.1, 0.15) is 53.2 Å². The zero-order valence-corrected chi connectivity index (χ0v) is 13.4. The number of pyridine rings is 1. The van der Waals surface area contributed by atoms with Gasteiger partial charge in [0.25, 0.3) is 5.91 Å². The smallest absolute Gasteiger partial charge is 0.253 e. The van der Waals surface area contributed by atoms with Crippen molar-refractivity contribution in [3.8, 4) is 0 Å². The summed E-state index contributed by atoms with van der Waals surface area (Å²) in [6.45, 7) is 2.84. The van der Waals surface area contributed by atoms with Crippen LogP contribution in [0.15, 0.2) is 29.0 Å². The van der Waals surface area contributed by atoms with Gasteiger partial charge in [-0.25, -0.2) is 0 Å². The van der Waals surface area contributed by atoms with Gasteiger partial charge in [0.1, 0.15) is 0 Å². The number of hydrogen-bond acceptors (Lipinski definition) is 6. The fourth-order valence-electron chi connectivity index (χ4n) is 3.36. The molecule has 4 rings (SSSR count). The molecular formula is C17H20N4O3. The molecule has 2 fully saturated rings. The summed E-state index contributed by atoms with van der Waals surface area (Å²) in [5, 5.41) is 4.16. The maximum Gasteiger partial charge on any atom is 0.253 e. The van der Waals surface area contributed by atoms with Gasteiger partial charge in [-0.2, -0.15) is 4.98 Å². The number of likely N-dealkylation sites (tertiary alicyclic amines) is 1. The topological polar surface area (TPSA) is 81.4 Å². The lowest BCUT2D eigenvalue weighted by atomic mass is 10.00. The summed E-state index contributed by atoms with van der Waals surface area (Å²) in [6.07, 6.45) is 6.01. The minimum atomic E-state index is 0.0315. The minimum absolute atomic E-state index is 0.0315. The van der Waals surface area contributed by atoms with Crippen LogP contribution in [0.2, 0.25) is 0 Å². The summed E-state index contributed by atoms with van der Waals surface area (Å²) in [5.74, 6) is 1.92. The molecule has 2 aromatic heterocycles. The van der Waals surface area contributed by atoms with Crippen molar-refractivity contribution in [3.05, 3.63) is 41.8 Å². The zero-order valence-electron chi connectivity index (χ0n) is 13.4. The van der Waals surface area contributed by atoms with Crippen molar-refractivity contribution in [1.82, 2.24) is 20.0 Å². The van der Waals surface area contributed by atoms with Gasteiger partial charge in [-0.3, -0.25) is 9.78 Å². The third-order valence-electron chi connectivity index (χ3n) is 4.80. The van der Waals surface area contributed by atoms with E-state index < -0.39 is 0 Å². The molecule has 0 aliphatic carbocycles. The van der Waals surface area contributed by atoms with Crippen LogP contribution in [-0.4, -0.2) is 52.2 Å². The summed E-state index contributed by atoms with van der Waals surface area (Å²) >= 11 is 0. The second kappa shape index (κ2) is 6.68. The Hall–Kier alpha value is -2.28. The highest BCUT2D eigenvalue weighted by molar-refractivity contribution is 5.94. The molecule has 4 heterocycles. The average Bonchev–Trinajstić information content (AvgIpc) is 3.32. The molecule has 0 aromatic carbocycles. The van der Waals surface area contributed by atoms with Gasteiger partial charge in [-0.1, -0.05) is 5.16 Å². The van der Waals surface area contributed by atoms with Crippen molar-refractivity contribution in [3.63, 3.8) is 0 Å². The Morgan fingerprint density at radius 2 is 1.92 bits per heavy atom. The molecule has 1 atom stereocenters. The fraction of sp³-hybridized carbons (Fsp3) is 0.529. The molecule has 0 radical (unpaired) electrons. The SMILES string of the molecule is O=C(c1ccncc1)N1CCC(c2nc(C3CCOCC3)no2)C1. The number of aromatic nitrogens is 3. The molecule has 7 heteroatoms. The van der Waals surface area contributed by atoms with Crippen molar-refractivity contribution >= 4 is 5.91 Å². The molecule has 24 heavy (non-hydrogen) atoms.